The first-order valence-corrected chi connectivity index (χ1v) is 8.69. The van der Waals surface area contributed by atoms with Gasteiger partial charge in [0.2, 0.25) is 0 Å². The number of rotatable bonds is 9. The molecular weight excluding hydrogens is 316 g/mol. The smallest absolute Gasteiger partial charge is 0.256 e. The number of hydrogen-bond acceptors (Lipinski definition) is 4. The molecule has 1 aromatic carbocycles. The molecule has 1 aromatic heterocycles. The largest absolute Gasteiger partial charge is 0.493 e. The van der Waals surface area contributed by atoms with Crippen molar-refractivity contribution in [2.45, 2.75) is 39.5 Å². The molecule has 0 aliphatic heterocycles. The number of benzene rings is 1. The van der Waals surface area contributed by atoms with Crippen LogP contribution >= 0.6 is 0 Å². The maximum atomic E-state index is 12.4. The summed E-state index contributed by atoms with van der Waals surface area (Å²) >= 11 is 0. The van der Waals surface area contributed by atoms with Crippen LogP contribution in [0.4, 0.5) is 5.82 Å². The molecule has 25 heavy (non-hydrogen) atoms. The number of aromatic nitrogens is 1. The quantitative estimate of drug-likeness (QED) is 0.676. The normalized spacial score (nSPS) is 10.4. The lowest BCUT2D eigenvalue weighted by molar-refractivity contribution is 0.102. The highest BCUT2D eigenvalue weighted by Crippen LogP contribution is 2.28. The number of methoxy groups -OCH3 is 1. The summed E-state index contributed by atoms with van der Waals surface area (Å²) in [5.74, 6) is 1.50. The Labute approximate surface area is 149 Å². The van der Waals surface area contributed by atoms with Crippen molar-refractivity contribution >= 4 is 11.7 Å². The van der Waals surface area contributed by atoms with Gasteiger partial charge in [0.25, 0.3) is 5.91 Å². The molecule has 5 heteroatoms. The summed E-state index contributed by atoms with van der Waals surface area (Å²) in [6, 6.07) is 8.87. The van der Waals surface area contributed by atoms with Gasteiger partial charge in [0.15, 0.2) is 11.5 Å². The van der Waals surface area contributed by atoms with Crippen LogP contribution in [0.3, 0.4) is 0 Å². The van der Waals surface area contributed by atoms with Gasteiger partial charge in [-0.2, -0.15) is 0 Å². The van der Waals surface area contributed by atoms with Crippen LogP contribution < -0.4 is 14.8 Å². The van der Waals surface area contributed by atoms with E-state index in [0.717, 1.165) is 18.4 Å². The monoisotopic (exact) mass is 342 g/mol. The SMILES string of the molecule is CCCCCCOc1ccc(C(=O)Nc2ccc(C)cn2)cc1OC. The van der Waals surface area contributed by atoms with Gasteiger partial charge >= 0.3 is 0 Å². The maximum Gasteiger partial charge on any atom is 0.256 e. The number of hydrogen-bond donors (Lipinski definition) is 1. The molecule has 0 saturated carbocycles. The lowest BCUT2D eigenvalue weighted by Gasteiger charge is -2.12. The summed E-state index contributed by atoms with van der Waals surface area (Å²) in [5, 5.41) is 2.78. The van der Waals surface area contributed by atoms with Crippen LogP contribution in [-0.4, -0.2) is 24.6 Å². The number of pyridine rings is 1. The molecule has 134 valence electrons. The molecule has 0 spiro atoms. The van der Waals surface area contributed by atoms with Crippen LogP contribution in [0, 0.1) is 6.92 Å². The number of amides is 1. The minimum Gasteiger partial charge on any atom is -0.493 e. The van der Waals surface area contributed by atoms with Crippen molar-refractivity contribution in [1.29, 1.82) is 0 Å². The lowest BCUT2D eigenvalue weighted by atomic mass is 10.2. The topological polar surface area (TPSA) is 60.5 Å². The molecule has 1 amide bonds. The van der Waals surface area contributed by atoms with E-state index >= 15 is 0 Å². The van der Waals surface area contributed by atoms with E-state index in [-0.39, 0.29) is 5.91 Å². The molecule has 0 bridgehead atoms. The molecule has 0 saturated heterocycles. The van der Waals surface area contributed by atoms with Crippen molar-refractivity contribution < 1.29 is 14.3 Å². The summed E-state index contributed by atoms with van der Waals surface area (Å²) in [6.07, 6.45) is 6.29. The van der Waals surface area contributed by atoms with Crippen LogP contribution in [0.1, 0.15) is 48.5 Å². The Morgan fingerprint density at radius 1 is 1.12 bits per heavy atom. The highest BCUT2D eigenvalue weighted by atomic mass is 16.5. The van der Waals surface area contributed by atoms with Crippen LogP contribution in [-0.2, 0) is 0 Å². The summed E-state index contributed by atoms with van der Waals surface area (Å²) in [5.41, 5.74) is 1.54. The minimum absolute atomic E-state index is 0.232. The van der Waals surface area contributed by atoms with Gasteiger partial charge in [-0.05, 0) is 43.2 Å². The van der Waals surface area contributed by atoms with Gasteiger partial charge in [-0.1, -0.05) is 32.3 Å². The number of anilines is 1. The number of ether oxygens (including phenoxy) is 2. The fraction of sp³-hybridized carbons (Fsp3) is 0.400. The van der Waals surface area contributed by atoms with Gasteiger partial charge in [0.1, 0.15) is 5.82 Å². The molecule has 0 atom stereocenters. The lowest BCUT2D eigenvalue weighted by Crippen LogP contribution is -2.13. The van der Waals surface area contributed by atoms with Crippen LogP contribution in [0.25, 0.3) is 0 Å². The molecular formula is C20H26N2O3. The van der Waals surface area contributed by atoms with Crippen molar-refractivity contribution in [2.24, 2.45) is 0 Å². The van der Waals surface area contributed by atoms with E-state index in [1.165, 1.54) is 12.8 Å². The van der Waals surface area contributed by atoms with E-state index in [0.29, 0.717) is 29.5 Å². The second-order valence-corrected chi connectivity index (χ2v) is 5.95. The third-order valence-electron chi connectivity index (χ3n) is 3.83. The number of nitrogens with one attached hydrogen (secondary N) is 1. The predicted molar refractivity (Wildman–Crippen MR) is 99.6 cm³/mol. The third-order valence-corrected chi connectivity index (χ3v) is 3.83. The van der Waals surface area contributed by atoms with Gasteiger partial charge in [0, 0.05) is 11.8 Å². The zero-order chi connectivity index (χ0) is 18.1. The Hall–Kier alpha value is -2.56. The molecule has 1 heterocycles. The average Bonchev–Trinajstić information content (AvgIpc) is 2.63. The van der Waals surface area contributed by atoms with Crippen molar-refractivity contribution in [1.82, 2.24) is 4.98 Å². The molecule has 0 aliphatic carbocycles. The van der Waals surface area contributed by atoms with Crippen molar-refractivity contribution in [3.63, 3.8) is 0 Å². The average molecular weight is 342 g/mol. The standard InChI is InChI=1S/C20H26N2O3/c1-4-5-6-7-12-25-17-10-9-16(13-18(17)24-3)20(23)22-19-11-8-15(2)14-21-19/h8-11,13-14H,4-7,12H2,1-3H3,(H,21,22,23). The first-order chi connectivity index (χ1) is 12.1. The number of carbonyl (C=O) groups is 1. The molecule has 5 nitrogen and oxygen atoms in total. The fourth-order valence-corrected chi connectivity index (χ4v) is 2.37. The van der Waals surface area contributed by atoms with E-state index in [1.807, 2.05) is 13.0 Å². The van der Waals surface area contributed by atoms with Gasteiger partial charge in [-0.3, -0.25) is 4.79 Å². The van der Waals surface area contributed by atoms with E-state index in [2.05, 4.69) is 17.2 Å². The first kappa shape index (κ1) is 18.8. The van der Waals surface area contributed by atoms with Gasteiger partial charge in [0.05, 0.1) is 13.7 Å². The van der Waals surface area contributed by atoms with Crippen molar-refractivity contribution in [3.05, 3.63) is 47.7 Å². The van der Waals surface area contributed by atoms with E-state index < -0.39 is 0 Å². The first-order valence-electron chi connectivity index (χ1n) is 8.69. The summed E-state index contributed by atoms with van der Waals surface area (Å²) < 4.78 is 11.1. The molecule has 2 rings (SSSR count). The Kier molecular flexibility index (Phi) is 7.26. The van der Waals surface area contributed by atoms with Crippen molar-refractivity contribution in [3.8, 4) is 11.5 Å². The van der Waals surface area contributed by atoms with E-state index in [1.54, 1.807) is 37.6 Å². The Balaban J connectivity index is 1.99. The van der Waals surface area contributed by atoms with Crippen LogP contribution in [0.2, 0.25) is 0 Å². The van der Waals surface area contributed by atoms with Crippen LogP contribution in [0.15, 0.2) is 36.5 Å². The molecule has 1 N–H and O–H groups in total. The molecule has 2 aromatic rings. The van der Waals surface area contributed by atoms with E-state index in [4.69, 9.17) is 9.47 Å². The second-order valence-electron chi connectivity index (χ2n) is 5.95. The minimum atomic E-state index is -0.232. The Morgan fingerprint density at radius 2 is 1.96 bits per heavy atom. The summed E-state index contributed by atoms with van der Waals surface area (Å²) in [6.45, 7) is 4.78. The number of unbranched alkanes of at least 4 members (excludes halogenated alkanes) is 3. The zero-order valence-corrected chi connectivity index (χ0v) is 15.2. The highest BCUT2D eigenvalue weighted by molar-refractivity contribution is 6.04. The Morgan fingerprint density at radius 3 is 2.64 bits per heavy atom. The number of carbonyl (C=O) groups excluding carboxylic acids is 1. The number of aryl methyl sites for hydroxylation is 1. The van der Waals surface area contributed by atoms with Crippen LogP contribution in [0.5, 0.6) is 11.5 Å². The number of nitrogens with zero attached hydrogens (tertiary/aromatic N) is 1. The fourth-order valence-electron chi connectivity index (χ4n) is 2.37. The van der Waals surface area contributed by atoms with Gasteiger partial charge < -0.3 is 14.8 Å². The molecule has 0 radical (unpaired) electrons. The molecule has 0 fully saturated rings. The maximum absolute atomic E-state index is 12.4. The third kappa shape index (κ3) is 5.78. The predicted octanol–water partition coefficient (Wildman–Crippen LogP) is 4.61. The summed E-state index contributed by atoms with van der Waals surface area (Å²) in [7, 11) is 1.57. The highest BCUT2D eigenvalue weighted by Gasteiger charge is 2.12. The van der Waals surface area contributed by atoms with Gasteiger partial charge in [-0.15, -0.1) is 0 Å². The summed E-state index contributed by atoms with van der Waals surface area (Å²) in [4.78, 5) is 16.5. The van der Waals surface area contributed by atoms with Crippen molar-refractivity contribution in [2.75, 3.05) is 19.0 Å². The Bertz CT molecular complexity index is 684. The van der Waals surface area contributed by atoms with E-state index in [9.17, 15) is 4.79 Å². The van der Waals surface area contributed by atoms with Gasteiger partial charge in [-0.25, -0.2) is 4.98 Å². The molecule has 0 aliphatic rings. The molecule has 0 unspecified atom stereocenters. The zero-order valence-electron chi connectivity index (χ0n) is 15.2. The second kappa shape index (κ2) is 9.67.